The van der Waals surface area contributed by atoms with Gasteiger partial charge in [-0.15, -0.1) is 0 Å². The van der Waals surface area contributed by atoms with Crippen LogP contribution in [0.4, 0.5) is 11.4 Å². The predicted octanol–water partition coefficient (Wildman–Crippen LogP) is 6.24. The van der Waals surface area contributed by atoms with Crippen LogP contribution in [0.25, 0.3) is 0 Å². The molecule has 0 aliphatic carbocycles. The Morgan fingerprint density at radius 3 is 0.966 bits per heavy atom. The lowest BCUT2D eigenvalue weighted by Gasteiger charge is -2.04. The first-order valence-electron chi connectivity index (χ1n) is 8.86. The van der Waals surface area contributed by atoms with Gasteiger partial charge in [0.05, 0.1) is 0 Å². The minimum absolute atomic E-state index is 0. The van der Waals surface area contributed by atoms with E-state index in [9.17, 15) is 0 Å². The van der Waals surface area contributed by atoms with E-state index in [-0.39, 0.29) is 13.5 Å². The van der Waals surface area contributed by atoms with Gasteiger partial charge in [-0.25, -0.2) is 0 Å². The van der Waals surface area contributed by atoms with Crippen molar-refractivity contribution in [3.63, 3.8) is 0 Å². The SMILES string of the molecule is Nc1ccc(Oc2ccccc2)cc1.Nc1ccc(Oc2ccccc2)cc1.S. The van der Waals surface area contributed by atoms with E-state index in [2.05, 4.69) is 0 Å². The van der Waals surface area contributed by atoms with Crippen molar-refractivity contribution in [2.75, 3.05) is 11.5 Å². The molecule has 4 aromatic carbocycles. The van der Waals surface area contributed by atoms with Gasteiger partial charge in [0.15, 0.2) is 0 Å². The first-order chi connectivity index (χ1) is 13.7. The van der Waals surface area contributed by atoms with Crippen LogP contribution in [-0.2, 0) is 0 Å². The van der Waals surface area contributed by atoms with Crippen molar-refractivity contribution in [2.45, 2.75) is 0 Å². The van der Waals surface area contributed by atoms with Gasteiger partial charge in [0.1, 0.15) is 23.0 Å². The predicted molar refractivity (Wildman–Crippen MR) is 125 cm³/mol. The maximum absolute atomic E-state index is 5.58. The minimum atomic E-state index is 0. The Labute approximate surface area is 178 Å². The molecule has 0 heterocycles. The van der Waals surface area contributed by atoms with Crippen molar-refractivity contribution in [3.05, 3.63) is 109 Å². The van der Waals surface area contributed by atoms with Gasteiger partial charge < -0.3 is 20.9 Å². The third-order valence-electron chi connectivity index (χ3n) is 3.72. The molecule has 29 heavy (non-hydrogen) atoms. The summed E-state index contributed by atoms with van der Waals surface area (Å²) in [4.78, 5) is 0. The molecule has 0 fully saturated rings. The molecule has 0 spiro atoms. The standard InChI is InChI=1S/2C12H11NO.H2S/c2*13-10-6-8-12(9-7-10)14-11-4-2-1-3-5-11;/h2*1-9H,13H2;1H2. The van der Waals surface area contributed by atoms with Gasteiger partial charge >= 0.3 is 0 Å². The van der Waals surface area contributed by atoms with Crippen molar-refractivity contribution in [2.24, 2.45) is 0 Å². The average molecular weight is 405 g/mol. The normalized spacial score (nSPS) is 9.38. The van der Waals surface area contributed by atoms with Crippen molar-refractivity contribution in [3.8, 4) is 23.0 Å². The first kappa shape index (κ1) is 21.7. The Hall–Kier alpha value is -3.57. The monoisotopic (exact) mass is 404 g/mol. The Morgan fingerprint density at radius 1 is 0.379 bits per heavy atom. The Kier molecular flexibility index (Phi) is 8.48. The second kappa shape index (κ2) is 11.3. The van der Waals surface area contributed by atoms with Crippen LogP contribution in [0.2, 0.25) is 0 Å². The van der Waals surface area contributed by atoms with Crippen LogP contribution < -0.4 is 20.9 Å². The Morgan fingerprint density at radius 2 is 0.655 bits per heavy atom. The lowest BCUT2D eigenvalue weighted by Crippen LogP contribution is -1.85. The molecule has 0 aliphatic heterocycles. The quantitative estimate of drug-likeness (QED) is 0.395. The van der Waals surface area contributed by atoms with Gasteiger partial charge in [0.2, 0.25) is 0 Å². The molecule has 0 atom stereocenters. The fraction of sp³-hybridized carbons (Fsp3) is 0. The molecule has 0 saturated carbocycles. The molecule has 0 amide bonds. The zero-order valence-electron chi connectivity index (χ0n) is 15.9. The van der Waals surface area contributed by atoms with Crippen LogP contribution in [-0.4, -0.2) is 0 Å². The lowest BCUT2D eigenvalue weighted by atomic mass is 10.3. The third kappa shape index (κ3) is 7.52. The summed E-state index contributed by atoms with van der Waals surface area (Å²) in [5, 5.41) is 0. The number of ether oxygens (including phenoxy) is 2. The van der Waals surface area contributed by atoms with Crippen LogP contribution in [0.1, 0.15) is 0 Å². The van der Waals surface area contributed by atoms with E-state index in [1.807, 2.05) is 109 Å². The van der Waals surface area contributed by atoms with E-state index in [4.69, 9.17) is 20.9 Å². The Bertz CT molecular complexity index is 878. The molecule has 0 aliphatic rings. The molecule has 0 bridgehead atoms. The third-order valence-corrected chi connectivity index (χ3v) is 3.72. The second-order valence-electron chi connectivity index (χ2n) is 5.97. The maximum Gasteiger partial charge on any atom is 0.127 e. The van der Waals surface area contributed by atoms with Gasteiger partial charge in [-0.1, -0.05) is 36.4 Å². The molecule has 4 rings (SSSR count). The highest BCUT2D eigenvalue weighted by Crippen LogP contribution is 2.22. The minimum Gasteiger partial charge on any atom is -0.457 e. The Balaban J connectivity index is 0.000000200. The molecule has 0 unspecified atom stereocenters. The summed E-state index contributed by atoms with van der Waals surface area (Å²) in [5.74, 6) is 3.25. The summed E-state index contributed by atoms with van der Waals surface area (Å²) >= 11 is 0. The van der Waals surface area contributed by atoms with Crippen molar-refractivity contribution in [1.82, 2.24) is 0 Å². The number of para-hydroxylation sites is 2. The van der Waals surface area contributed by atoms with Gasteiger partial charge in [-0.05, 0) is 72.8 Å². The summed E-state index contributed by atoms with van der Waals surface area (Å²) in [7, 11) is 0. The highest BCUT2D eigenvalue weighted by molar-refractivity contribution is 7.59. The van der Waals surface area contributed by atoms with E-state index in [0.29, 0.717) is 0 Å². The summed E-state index contributed by atoms with van der Waals surface area (Å²) in [6, 6.07) is 34.0. The van der Waals surface area contributed by atoms with Gasteiger partial charge in [-0.3, -0.25) is 0 Å². The van der Waals surface area contributed by atoms with Crippen LogP contribution in [0, 0.1) is 0 Å². The van der Waals surface area contributed by atoms with E-state index < -0.39 is 0 Å². The average Bonchev–Trinajstić information content (AvgIpc) is 2.74. The highest BCUT2D eigenvalue weighted by Gasteiger charge is 1.95. The number of nitrogen functional groups attached to an aromatic ring is 2. The largest absolute Gasteiger partial charge is 0.457 e. The summed E-state index contributed by atoms with van der Waals surface area (Å²) < 4.78 is 11.2. The van der Waals surface area contributed by atoms with Crippen molar-refractivity contribution < 1.29 is 9.47 Å². The first-order valence-corrected chi connectivity index (χ1v) is 8.86. The molecule has 5 heteroatoms. The second-order valence-corrected chi connectivity index (χ2v) is 5.97. The van der Waals surface area contributed by atoms with E-state index in [1.165, 1.54) is 0 Å². The molecule has 148 valence electrons. The summed E-state index contributed by atoms with van der Waals surface area (Å²) in [6.07, 6.45) is 0. The fourth-order valence-corrected chi connectivity index (χ4v) is 2.32. The van der Waals surface area contributed by atoms with Gasteiger partial charge in [0, 0.05) is 11.4 Å². The zero-order valence-corrected chi connectivity index (χ0v) is 16.9. The van der Waals surface area contributed by atoms with Crippen LogP contribution >= 0.6 is 13.5 Å². The number of hydrogen-bond donors (Lipinski definition) is 2. The van der Waals surface area contributed by atoms with Crippen LogP contribution in [0.5, 0.6) is 23.0 Å². The van der Waals surface area contributed by atoms with Crippen molar-refractivity contribution in [1.29, 1.82) is 0 Å². The number of benzene rings is 4. The summed E-state index contributed by atoms with van der Waals surface area (Å²) in [5.41, 5.74) is 12.6. The molecule has 0 saturated heterocycles. The van der Waals surface area contributed by atoms with E-state index >= 15 is 0 Å². The number of hydrogen-bond acceptors (Lipinski definition) is 4. The molecule has 4 nitrogen and oxygen atoms in total. The molecule has 0 aromatic heterocycles. The van der Waals surface area contributed by atoms with Crippen molar-refractivity contribution >= 4 is 24.9 Å². The lowest BCUT2D eigenvalue weighted by molar-refractivity contribution is 0.482. The van der Waals surface area contributed by atoms with E-state index in [0.717, 1.165) is 34.4 Å². The molecule has 4 aromatic rings. The van der Waals surface area contributed by atoms with Crippen LogP contribution in [0.3, 0.4) is 0 Å². The van der Waals surface area contributed by atoms with Gasteiger partial charge in [0.25, 0.3) is 0 Å². The highest BCUT2D eigenvalue weighted by atomic mass is 32.1. The molecular weight excluding hydrogens is 380 g/mol. The zero-order chi connectivity index (χ0) is 19.6. The van der Waals surface area contributed by atoms with Gasteiger partial charge in [-0.2, -0.15) is 13.5 Å². The van der Waals surface area contributed by atoms with E-state index in [1.54, 1.807) is 0 Å². The number of nitrogens with two attached hydrogens (primary N) is 2. The molecule has 4 N–H and O–H groups in total. The molecular formula is C24H24N2O2S. The summed E-state index contributed by atoms with van der Waals surface area (Å²) in [6.45, 7) is 0. The number of anilines is 2. The molecule has 0 radical (unpaired) electrons. The topological polar surface area (TPSA) is 70.5 Å². The maximum atomic E-state index is 5.58. The number of rotatable bonds is 4. The smallest absolute Gasteiger partial charge is 0.127 e. The van der Waals surface area contributed by atoms with Crippen LogP contribution in [0.15, 0.2) is 109 Å². The fourth-order valence-electron chi connectivity index (χ4n) is 2.32.